The van der Waals surface area contributed by atoms with E-state index in [1.165, 1.54) is 16.7 Å². The van der Waals surface area contributed by atoms with Crippen molar-refractivity contribution in [1.29, 1.82) is 0 Å². The molecule has 4 aromatic rings. The van der Waals surface area contributed by atoms with Gasteiger partial charge in [0.05, 0.1) is 5.69 Å². The van der Waals surface area contributed by atoms with Crippen molar-refractivity contribution >= 4 is 52.1 Å². The largest absolute Gasteiger partial charge is 0.450 e. The van der Waals surface area contributed by atoms with Crippen molar-refractivity contribution in [1.82, 2.24) is 10.2 Å². The quantitative estimate of drug-likeness (QED) is 0.128. The van der Waals surface area contributed by atoms with Gasteiger partial charge in [0.2, 0.25) is 0 Å². The van der Waals surface area contributed by atoms with Crippen LogP contribution in [0.4, 0.5) is 10.5 Å². The zero-order valence-corrected chi connectivity index (χ0v) is 28.8. The predicted molar refractivity (Wildman–Crippen MR) is 193 cm³/mol. The van der Waals surface area contributed by atoms with Crippen molar-refractivity contribution in [2.75, 3.05) is 11.4 Å². The minimum atomic E-state index is -1.76. The third kappa shape index (κ3) is 6.15. The second-order valence-corrected chi connectivity index (χ2v) is 14.5. The van der Waals surface area contributed by atoms with Crippen molar-refractivity contribution in [3.05, 3.63) is 137 Å². The lowest BCUT2D eigenvalue weighted by molar-refractivity contribution is -0.170. The van der Waals surface area contributed by atoms with Gasteiger partial charge in [0.1, 0.15) is 17.0 Å². The molecule has 0 saturated carbocycles. The number of hydrogen-bond acceptors (Lipinski definition) is 7. The van der Waals surface area contributed by atoms with Crippen molar-refractivity contribution in [2.45, 2.75) is 55.9 Å². The van der Waals surface area contributed by atoms with E-state index < -0.39 is 46.6 Å². The predicted octanol–water partition coefficient (Wildman–Crippen LogP) is 6.90. The number of ether oxygens (including phenoxy) is 2. The summed E-state index contributed by atoms with van der Waals surface area (Å²) in [5.74, 6) is -1.46. The van der Waals surface area contributed by atoms with Crippen molar-refractivity contribution < 1.29 is 28.7 Å². The summed E-state index contributed by atoms with van der Waals surface area (Å²) in [4.78, 5) is 58.8. The molecule has 4 aromatic carbocycles. The topological polar surface area (TPSA) is 105 Å². The smallest absolute Gasteiger partial charge is 0.408 e. The number of esters is 1. The van der Waals surface area contributed by atoms with Gasteiger partial charge in [-0.05, 0) is 67.3 Å². The Kier molecular flexibility index (Phi) is 8.73. The third-order valence-electron chi connectivity index (χ3n) is 8.99. The van der Waals surface area contributed by atoms with Crippen LogP contribution in [0.25, 0.3) is 10.8 Å². The summed E-state index contributed by atoms with van der Waals surface area (Å²) in [5, 5.41) is 5.71. The van der Waals surface area contributed by atoms with E-state index in [4.69, 9.17) is 9.47 Å². The van der Waals surface area contributed by atoms with E-state index in [-0.39, 0.29) is 5.91 Å². The monoisotopic (exact) mass is 687 g/mol. The van der Waals surface area contributed by atoms with E-state index in [9.17, 15) is 19.2 Å². The number of fused-ring (bicyclic) bond motifs is 2. The van der Waals surface area contributed by atoms with E-state index in [2.05, 4.69) is 5.32 Å². The van der Waals surface area contributed by atoms with Crippen LogP contribution in [0.5, 0.6) is 0 Å². The first-order chi connectivity index (χ1) is 24.1. The molecule has 0 spiro atoms. The highest BCUT2D eigenvalue weighted by Crippen LogP contribution is 2.46. The number of thioether (sulfide) groups is 1. The lowest BCUT2D eigenvalue weighted by atomic mass is 9.87. The van der Waals surface area contributed by atoms with E-state index in [1.807, 2.05) is 103 Å². The molecule has 0 aliphatic carbocycles. The van der Waals surface area contributed by atoms with E-state index >= 15 is 0 Å². The molecule has 3 atom stereocenters. The zero-order valence-electron chi connectivity index (χ0n) is 27.9. The van der Waals surface area contributed by atoms with E-state index in [0.717, 1.165) is 27.6 Å². The number of rotatable bonds is 7. The number of nitrogens with one attached hydrogen (secondary N) is 1. The van der Waals surface area contributed by atoms with Gasteiger partial charge in [-0.3, -0.25) is 9.59 Å². The van der Waals surface area contributed by atoms with Crippen LogP contribution < -0.4 is 10.2 Å². The maximum Gasteiger partial charge on any atom is 0.408 e. The number of carbonyl (C=O) groups excluding carboxylic acids is 4. The first-order valence-corrected chi connectivity index (χ1v) is 17.5. The summed E-state index contributed by atoms with van der Waals surface area (Å²) < 4.78 is 11.8. The van der Waals surface area contributed by atoms with Gasteiger partial charge >= 0.3 is 12.1 Å². The van der Waals surface area contributed by atoms with Crippen LogP contribution in [0, 0.1) is 0 Å². The van der Waals surface area contributed by atoms with Gasteiger partial charge in [0, 0.05) is 17.5 Å². The Morgan fingerprint density at radius 2 is 1.54 bits per heavy atom. The summed E-state index contributed by atoms with van der Waals surface area (Å²) in [6.07, 6.45) is 2.03. The second-order valence-electron chi connectivity index (χ2n) is 13.5. The average molecular weight is 688 g/mol. The molecular weight excluding hydrogens is 651 g/mol. The summed E-state index contributed by atoms with van der Waals surface area (Å²) in [6, 6.07) is 31.5. The van der Waals surface area contributed by atoms with Crippen LogP contribution >= 0.6 is 11.8 Å². The summed E-state index contributed by atoms with van der Waals surface area (Å²) in [5.41, 5.74) is 0.128. The second kappa shape index (κ2) is 13.2. The lowest BCUT2D eigenvalue weighted by Crippen LogP contribution is -2.77. The number of alkyl carbamates (subject to hydrolysis) is 1. The van der Waals surface area contributed by atoms with Gasteiger partial charge in [-0.25, -0.2) is 9.59 Å². The SMILES string of the molecule is CC(C)(C)OC(=O)N[C@@H]1C(=O)N2[C@@H]1SC=C[C@]2(/C=C1\CCN(c2cccc3ccccc23)C1=O)C(=O)OC(c1ccccc1)c1ccccc1. The van der Waals surface area contributed by atoms with Crippen LogP contribution in [0.3, 0.4) is 0 Å². The first kappa shape index (κ1) is 33.2. The van der Waals surface area contributed by atoms with Gasteiger partial charge in [-0.1, -0.05) is 97.1 Å². The minimum Gasteiger partial charge on any atom is -0.450 e. The van der Waals surface area contributed by atoms with Crippen molar-refractivity contribution in [2.24, 2.45) is 0 Å². The zero-order chi connectivity index (χ0) is 35.0. The highest BCUT2D eigenvalue weighted by Gasteiger charge is 2.62. The number of amides is 3. The van der Waals surface area contributed by atoms with Crippen molar-refractivity contribution in [3.8, 4) is 0 Å². The standard InChI is InChI=1S/C40H37N3O6S/c1-39(2,3)49-38(47)41-32-35(45)43-36(32)50-24-22-40(43,37(46)48-33(27-14-6-4-7-15-27)28-16-8-5-9-17-28)25-29-21-23-42(34(29)44)31-20-12-18-26-13-10-11-19-30(26)31/h4-20,22,24-25,32-33,36H,21,23H2,1-3H3,(H,41,47)/b29-25+/t32-,36-,40+/m1/s1. The molecule has 3 aliphatic rings. The van der Waals surface area contributed by atoms with Gasteiger partial charge in [-0.2, -0.15) is 0 Å². The fraction of sp³-hybridized carbons (Fsp3) is 0.250. The van der Waals surface area contributed by atoms with Gasteiger partial charge in [0.15, 0.2) is 11.6 Å². The molecular formula is C40H37N3O6S. The van der Waals surface area contributed by atoms with E-state index in [1.54, 1.807) is 43.2 Å². The van der Waals surface area contributed by atoms with Crippen molar-refractivity contribution in [3.63, 3.8) is 0 Å². The average Bonchev–Trinajstić information content (AvgIpc) is 3.47. The Bertz CT molecular complexity index is 1980. The molecule has 7 rings (SSSR count). The fourth-order valence-electron chi connectivity index (χ4n) is 6.68. The van der Waals surface area contributed by atoms with Crippen LogP contribution in [0.2, 0.25) is 0 Å². The molecule has 2 fully saturated rings. The molecule has 0 bridgehead atoms. The number of nitrogens with zero attached hydrogens (tertiary/aromatic N) is 2. The van der Waals surface area contributed by atoms with Crippen LogP contribution in [0.15, 0.2) is 126 Å². The number of benzene rings is 4. The number of β-lactam (4-membered cyclic amide) rings is 1. The summed E-state index contributed by atoms with van der Waals surface area (Å²) >= 11 is 1.30. The molecule has 0 aromatic heterocycles. The molecule has 2 saturated heterocycles. The van der Waals surface area contributed by atoms with Crippen LogP contribution in [-0.4, -0.2) is 57.9 Å². The molecule has 0 unspecified atom stereocenters. The molecule has 9 nitrogen and oxygen atoms in total. The lowest BCUT2D eigenvalue weighted by Gasteiger charge is -2.55. The first-order valence-electron chi connectivity index (χ1n) is 16.5. The Morgan fingerprint density at radius 3 is 2.22 bits per heavy atom. The maximum absolute atomic E-state index is 14.8. The molecule has 3 amide bonds. The number of hydrogen-bond donors (Lipinski definition) is 1. The Hall–Kier alpha value is -5.35. The Morgan fingerprint density at radius 1 is 0.900 bits per heavy atom. The molecule has 3 aliphatic heterocycles. The molecule has 3 heterocycles. The summed E-state index contributed by atoms with van der Waals surface area (Å²) in [7, 11) is 0. The molecule has 0 radical (unpaired) electrons. The normalized spacial score (nSPS) is 22.4. The Labute approximate surface area is 294 Å². The van der Waals surface area contributed by atoms with Gasteiger partial charge < -0.3 is 24.6 Å². The highest BCUT2D eigenvalue weighted by molar-refractivity contribution is 8.02. The number of anilines is 1. The van der Waals surface area contributed by atoms with Gasteiger partial charge in [-0.15, -0.1) is 11.8 Å². The molecule has 1 N–H and O–H groups in total. The van der Waals surface area contributed by atoms with Gasteiger partial charge in [0.25, 0.3) is 11.8 Å². The fourth-order valence-corrected chi connectivity index (χ4v) is 7.87. The Balaban J connectivity index is 1.27. The van der Waals surface area contributed by atoms with Crippen LogP contribution in [-0.2, 0) is 23.9 Å². The molecule has 10 heteroatoms. The summed E-state index contributed by atoms with van der Waals surface area (Å²) in [6.45, 7) is 5.62. The van der Waals surface area contributed by atoms with Crippen LogP contribution in [0.1, 0.15) is 44.4 Å². The third-order valence-corrected chi connectivity index (χ3v) is 10.0. The van der Waals surface area contributed by atoms with E-state index in [0.29, 0.717) is 18.5 Å². The molecule has 254 valence electrons. The molecule has 50 heavy (non-hydrogen) atoms. The maximum atomic E-state index is 14.8. The number of carbonyl (C=O) groups is 4. The highest BCUT2D eigenvalue weighted by atomic mass is 32.2. The minimum absolute atomic E-state index is 0.254.